The lowest BCUT2D eigenvalue weighted by atomic mass is 10.1. The molecule has 0 unspecified atom stereocenters. The van der Waals surface area contributed by atoms with E-state index in [1.807, 2.05) is 6.92 Å². The fraction of sp³-hybridized carbons (Fsp3) is 0.312. The summed E-state index contributed by atoms with van der Waals surface area (Å²) in [6.45, 7) is 3.86. The van der Waals surface area contributed by atoms with Gasteiger partial charge in [0, 0.05) is 10.6 Å². The first-order valence-electron chi connectivity index (χ1n) is 7.13. The Balaban J connectivity index is 2.53. The first kappa shape index (κ1) is 16.2. The molecule has 116 valence electrons. The standard InChI is InChI=1S/C16H17ClN2O3/c1-3-5-12-13(16(21)22-4-2)15(20)19-14(18-12)10-6-8-11(17)9-7-10/h6-9H,3-5H2,1-2H3,(H,18,19,20). The number of aryl methyl sites for hydroxylation is 1. The summed E-state index contributed by atoms with van der Waals surface area (Å²) in [5.41, 5.74) is 0.687. The van der Waals surface area contributed by atoms with Crippen molar-refractivity contribution >= 4 is 17.6 Å². The largest absolute Gasteiger partial charge is 0.462 e. The Kier molecular flexibility index (Phi) is 5.33. The zero-order valence-corrected chi connectivity index (χ0v) is 13.2. The number of hydrogen-bond acceptors (Lipinski definition) is 4. The summed E-state index contributed by atoms with van der Waals surface area (Å²) in [4.78, 5) is 31.3. The highest BCUT2D eigenvalue weighted by Crippen LogP contribution is 2.18. The zero-order valence-electron chi connectivity index (χ0n) is 12.5. The molecule has 1 aromatic carbocycles. The minimum absolute atomic E-state index is 0.0126. The number of carbonyl (C=O) groups excluding carboxylic acids is 1. The average Bonchev–Trinajstić information content (AvgIpc) is 2.48. The van der Waals surface area contributed by atoms with Gasteiger partial charge in [0.25, 0.3) is 5.56 Å². The van der Waals surface area contributed by atoms with Crippen LogP contribution in [0.2, 0.25) is 5.02 Å². The van der Waals surface area contributed by atoms with Gasteiger partial charge in [-0.25, -0.2) is 9.78 Å². The third-order valence-electron chi connectivity index (χ3n) is 3.08. The molecule has 2 aromatic rings. The topological polar surface area (TPSA) is 72.0 Å². The molecule has 0 radical (unpaired) electrons. The second-order valence-electron chi connectivity index (χ2n) is 4.71. The van der Waals surface area contributed by atoms with E-state index in [0.29, 0.717) is 23.0 Å². The molecule has 0 saturated heterocycles. The van der Waals surface area contributed by atoms with Gasteiger partial charge in [-0.05, 0) is 37.6 Å². The van der Waals surface area contributed by atoms with Crippen LogP contribution in [-0.4, -0.2) is 22.5 Å². The second kappa shape index (κ2) is 7.22. The number of nitrogens with one attached hydrogen (secondary N) is 1. The summed E-state index contributed by atoms with van der Waals surface area (Å²) < 4.78 is 4.94. The number of carbonyl (C=O) groups is 1. The van der Waals surface area contributed by atoms with Crippen LogP contribution in [0.1, 0.15) is 36.3 Å². The Morgan fingerprint density at radius 1 is 1.27 bits per heavy atom. The quantitative estimate of drug-likeness (QED) is 0.859. The van der Waals surface area contributed by atoms with Crippen LogP contribution in [0.25, 0.3) is 11.4 Å². The van der Waals surface area contributed by atoms with Crippen molar-refractivity contribution in [3.05, 3.63) is 50.9 Å². The predicted octanol–water partition coefficient (Wildman–Crippen LogP) is 3.22. The number of benzene rings is 1. The molecule has 1 heterocycles. The molecule has 5 nitrogen and oxygen atoms in total. The molecular formula is C16H17ClN2O3. The minimum atomic E-state index is -0.637. The molecule has 0 atom stereocenters. The Morgan fingerprint density at radius 2 is 1.95 bits per heavy atom. The van der Waals surface area contributed by atoms with Crippen LogP contribution in [0.5, 0.6) is 0 Å². The molecule has 0 aliphatic carbocycles. The van der Waals surface area contributed by atoms with Crippen LogP contribution in [0.3, 0.4) is 0 Å². The van der Waals surface area contributed by atoms with E-state index in [4.69, 9.17) is 16.3 Å². The number of H-pyrrole nitrogens is 1. The number of nitrogens with zero attached hydrogens (tertiary/aromatic N) is 1. The lowest BCUT2D eigenvalue weighted by Crippen LogP contribution is -2.24. The number of halogens is 1. The number of aromatic amines is 1. The number of hydrogen-bond donors (Lipinski definition) is 1. The van der Waals surface area contributed by atoms with E-state index >= 15 is 0 Å². The van der Waals surface area contributed by atoms with Gasteiger partial charge in [0.2, 0.25) is 0 Å². The minimum Gasteiger partial charge on any atom is -0.462 e. The normalized spacial score (nSPS) is 10.5. The highest BCUT2D eigenvalue weighted by atomic mass is 35.5. The van der Waals surface area contributed by atoms with Crippen LogP contribution < -0.4 is 5.56 Å². The van der Waals surface area contributed by atoms with Gasteiger partial charge >= 0.3 is 5.97 Å². The molecule has 1 aromatic heterocycles. The summed E-state index contributed by atoms with van der Waals surface area (Å²) in [5.74, 6) is -0.222. The molecular weight excluding hydrogens is 304 g/mol. The van der Waals surface area contributed by atoms with Gasteiger partial charge in [0.15, 0.2) is 0 Å². The summed E-state index contributed by atoms with van der Waals surface area (Å²) in [6.07, 6.45) is 1.29. The Hall–Kier alpha value is -2.14. The molecule has 6 heteroatoms. The van der Waals surface area contributed by atoms with Gasteiger partial charge < -0.3 is 9.72 Å². The van der Waals surface area contributed by atoms with Crippen LogP contribution in [-0.2, 0) is 11.2 Å². The maximum Gasteiger partial charge on any atom is 0.345 e. The van der Waals surface area contributed by atoms with E-state index in [-0.39, 0.29) is 12.2 Å². The van der Waals surface area contributed by atoms with Crippen molar-refractivity contribution < 1.29 is 9.53 Å². The second-order valence-corrected chi connectivity index (χ2v) is 5.15. The lowest BCUT2D eigenvalue weighted by Gasteiger charge is -2.09. The smallest absolute Gasteiger partial charge is 0.345 e. The molecule has 22 heavy (non-hydrogen) atoms. The van der Waals surface area contributed by atoms with Crippen molar-refractivity contribution in [1.82, 2.24) is 9.97 Å². The maximum atomic E-state index is 12.3. The molecule has 0 amide bonds. The number of ether oxygens (including phenoxy) is 1. The van der Waals surface area contributed by atoms with Crippen LogP contribution in [0, 0.1) is 0 Å². The van der Waals surface area contributed by atoms with E-state index in [1.54, 1.807) is 31.2 Å². The molecule has 0 spiro atoms. The SMILES string of the molecule is CCCc1nc(-c2ccc(Cl)cc2)[nH]c(=O)c1C(=O)OCC. The van der Waals surface area contributed by atoms with Crippen LogP contribution >= 0.6 is 11.6 Å². The van der Waals surface area contributed by atoms with Gasteiger partial charge in [-0.15, -0.1) is 0 Å². The first-order valence-corrected chi connectivity index (χ1v) is 7.50. The maximum absolute atomic E-state index is 12.3. The van der Waals surface area contributed by atoms with Gasteiger partial charge in [0.1, 0.15) is 11.4 Å². The van der Waals surface area contributed by atoms with E-state index in [1.165, 1.54) is 0 Å². The summed E-state index contributed by atoms with van der Waals surface area (Å²) in [5, 5.41) is 0.600. The molecule has 0 saturated carbocycles. The molecule has 0 fully saturated rings. The van der Waals surface area contributed by atoms with Crippen molar-refractivity contribution in [1.29, 1.82) is 0 Å². The summed E-state index contributed by atoms with van der Waals surface area (Å²) >= 11 is 5.86. The molecule has 0 aliphatic heterocycles. The number of esters is 1. The van der Waals surface area contributed by atoms with Crippen LogP contribution in [0.4, 0.5) is 0 Å². The Bertz CT molecular complexity index is 723. The van der Waals surface area contributed by atoms with E-state index in [2.05, 4.69) is 9.97 Å². The van der Waals surface area contributed by atoms with Gasteiger partial charge in [-0.1, -0.05) is 24.9 Å². The van der Waals surface area contributed by atoms with Gasteiger partial charge in [-0.2, -0.15) is 0 Å². The summed E-state index contributed by atoms with van der Waals surface area (Å²) in [7, 11) is 0. The summed E-state index contributed by atoms with van der Waals surface area (Å²) in [6, 6.07) is 6.96. The van der Waals surface area contributed by atoms with Crippen molar-refractivity contribution in [2.75, 3.05) is 6.61 Å². The monoisotopic (exact) mass is 320 g/mol. The average molecular weight is 321 g/mol. The molecule has 1 N–H and O–H groups in total. The van der Waals surface area contributed by atoms with E-state index < -0.39 is 11.5 Å². The van der Waals surface area contributed by atoms with Crippen LogP contribution in [0.15, 0.2) is 29.1 Å². The third-order valence-corrected chi connectivity index (χ3v) is 3.33. The lowest BCUT2D eigenvalue weighted by molar-refractivity contribution is 0.0522. The van der Waals surface area contributed by atoms with Crippen molar-refractivity contribution in [3.63, 3.8) is 0 Å². The first-order chi connectivity index (χ1) is 10.6. The predicted molar refractivity (Wildman–Crippen MR) is 85.3 cm³/mol. The van der Waals surface area contributed by atoms with Gasteiger partial charge in [0.05, 0.1) is 12.3 Å². The number of aromatic nitrogens is 2. The highest BCUT2D eigenvalue weighted by Gasteiger charge is 2.20. The van der Waals surface area contributed by atoms with Crippen molar-refractivity contribution in [3.8, 4) is 11.4 Å². The van der Waals surface area contributed by atoms with Crippen molar-refractivity contribution in [2.24, 2.45) is 0 Å². The zero-order chi connectivity index (χ0) is 16.1. The fourth-order valence-electron chi connectivity index (χ4n) is 2.10. The Morgan fingerprint density at radius 3 is 2.55 bits per heavy atom. The van der Waals surface area contributed by atoms with Gasteiger partial charge in [-0.3, -0.25) is 4.79 Å². The fourth-order valence-corrected chi connectivity index (χ4v) is 2.22. The molecule has 0 aliphatic rings. The van der Waals surface area contributed by atoms with E-state index in [0.717, 1.165) is 12.0 Å². The molecule has 0 bridgehead atoms. The number of rotatable bonds is 5. The highest BCUT2D eigenvalue weighted by molar-refractivity contribution is 6.30. The third kappa shape index (κ3) is 3.54. The van der Waals surface area contributed by atoms with E-state index in [9.17, 15) is 9.59 Å². The molecule has 2 rings (SSSR count). The van der Waals surface area contributed by atoms with Crippen molar-refractivity contribution in [2.45, 2.75) is 26.7 Å². The Labute approximate surface area is 133 Å².